The van der Waals surface area contributed by atoms with Gasteiger partial charge in [0.15, 0.2) is 0 Å². The number of carbonyl (C=O) groups is 1. The molecule has 1 amide bonds. The lowest BCUT2D eigenvalue weighted by molar-refractivity contribution is 0.0995. The van der Waals surface area contributed by atoms with Crippen LogP contribution in [0.1, 0.15) is 22.5 Å². The Morgan fingerprint density at radius 2 is 2.05 bits per heavy atom. The van der Waals surface area contributed by atoms with Gasteiger partial charge in [0.1, 0.15) is 11.4 Å². The van der Waals surface area contributed by atoms with Gasteiger partial charge in [-0.05, 0) is 24.6 Å². The van der Waals surface area contributed by atoms with Crippen molar-refractivity contribution in [1.29, 1.82) is 0 Å². The summed E-state index contributed by atoms with van der Waals surface area (Å²) in [6.45, 7) is 2.29. The molecule has 0 aliphatic rings. The molecule has 0 saturated heterocycles. The Morgan fingerprint density at radius 3 is 2.81 bits per heavy atom. The molecule has 1 aromatic heterocycles. The van der Waals surface area contributed by atoms with E-state index < -0.39 is 5.91 Å². The number of aromatic nitrogens is 1. The summed E-state index contributed by atoms with van der Waals surface area (Å²) < 4.78 is 5.56. The Kier molecular flexibility index (Phi) is 5.72. The number of ether oxygens (including phenoxy) is 1. The molecule has 0 saturated carbocycles. The first-order valence-corrected chi connectivity index (χ1v) is 6.89. The lowest BCUT2D eigenvalue weighted by Gasteiger charge is -2.08. The van der Waals surface area contributed by atoms with Gasteiger partial charge in [0.05, 0.1) is 6.61 Å². The molecule has 0 bridgehead atoms. The number of primary amides is 1. The van der Waals surface area contributed by atoms with E-state index in [-0.39, 0.29) is 5.69 Å². The standard InChI is InChI=1S/C16H19N3O2/c17-16(20)15-11-14(7-9-19-15)21-10-4-8-18-12-13-5-2-1-3-6-13/h1-3,5-7,9,11,18H,4,8,10,12H2,(H2,17,20). The van der Waals surface area contributed by atoms with Crippen LogP contribution in [0.4, 0.5) is 0 Å². The number of carbonyl (C=O) groups excluding carboxylic acids is 1. The van der Waals surface area contributed by atoms with E-state index in [2.05, 4.69) is 22.4 Å². The van der Waals surface area contributed by atoms with Crippen molar-refractivity contribution in [2.75, 3.05) is 13.2 Å². The highest BCUT2D eigenvalue weighted by Crippen LogP contribution is 2.10. The molecule has 0 atom stereocenters. The van der Waals surface area contributed by atoms with Gasteiger partial charge in [-0.2, -0.15) is 0 Å². The minimum atomic E-state index is -0.551. The summed E-state index contributed by atoms with van der Waals surface area (Å²) in [7, 11) is 0. The summed E-state index contributed by atoms with van der Waals surface area (Å²) in [4.78, 5) is 14.9. The smallest absolute Gasteiger partial charge is 0.267 e. The van der Waals surface area contributed by atoms with E-state index in [1.54, 1.807) is 12.1 Å². The van der Waals surface area contributed by atoms with Gasteiger partial charge in [-0.15, -0.1) is 0 Å². The zero-order valence-corrected chi connectivity index (χ0v) is 11.8. The quantitative estimate of drug-likeness (QED) is 0.724. The largest absolute Gasteiger partial charge is 0.493 e. The third kappa shape index (κ3) is 5.24. The van der Waals surface area contributed by atoms with E-state index in [1.165, 1.54) is 11.8 Å². The fraction of sp³-hybridized carbons (Fsp3) is 0.250. The first-order chi connectivity index (χ1) is 10.3. The van der Waals surface area contributed by atoms with Crippen molar-refractivity contribution in [3.05, 3.63) is 59.9 Å². The summed E-state index contributed by atoms with van der Waals surface area (Å²) in [6, 6.07) is 13.5. The molecule has 2 rings (SSSR count). The number of hydrogen-bond donors (Lipinski definition) is 2. The van der Waals surface area contributed by atoms with Gasteiger partial charge in [-0.1, -0.05) is 30.3 Å². The van der Waals surface area contributed by atoms with Gasteiger partial charge in [0.2, 0.25) is 0 Å². The Bertz CT molecular complexity index is 573. The highest BCUT2D eigenvalue weighted by atomic mass is 16.5. The molecule has 0 radical (unpaired) electrons. The van der Waals surface area contributed by atoms with E-state index in [9.17, 15) is 4.79 Å². The molecule has 1 aromatic carbocycles. The van der Waals surface area contributed by atoms with Crippen LogP contribution < -0.4 is 15.8 Å². The molecule has 1 heterocycles. The molecular formula is C16H19N3O2. The van der Waals surface area contributed by atoms with Gasteiger partial charge in [0.25, 0.3) is 5.91 Å². The summed E-state index contributed by atoms with van der Waals surface area (Å²) in [6.07, 6.45) is 2.39. The minimum absolute atomic E-state index is 0.217. The second kappa shape index (κ2) is 8.01. The molecule has 0 aliphatic carbocycles. The SMILES string of the molecule is NC(=O)c1cc(OCCCNCc2ccccc2)ccn1. The van der Waals surface area contributed by atoms with Crippen molar-refractivity contribution < 1.29 is 9.53 Å². The van der Waals surface area contributed by atoms with Crippen molar-refractivity contribution in [3.63, 3.8) is 0 Å². The average molecular weight is 285 g/mol. The molecule has 3 N–H and O–H groups in total. The van der Waals surface area contributed by atoms with Crippen molar-refractivity contribution in [3.8, 4) is 5.75 Å². The lowest BCUT2D eigenvalue weighted by atomic mass is 10.2. The number of nitrogens with two attached hydrogens (primary N) is 1. The maximum Gasteiger partial charge on any atom is 0.267 e. The predicted molar refractivity (Wildman–Crippen MR) is 81.0 cm³/mol. The Balaban J connectivity index is 1.64. The Hall–Kier alpha value is -2.40. The number of nitrogens with one attached hydrogen (secondary N) is 1. The maximum absolute atomic E-state index is 11.0. The topological polar surface area (TPSA) is 77.2 Å². The molecule has 0 aliphatic heterocycles. The minimum Gasteiger partial charge on any atom is -0.493 e. The average Bonchev–Trinajstić information content (AvgIpc) is 2.52. The second-order valence-electron chi connectivity index (χ2n) is 4.61. The van der Waals surface area contributed by atoms with Gasteiger partial charge < -0.3 is 15.8 Å². The maximum atomic E-state index is 11.0. The van der Waals surface area contributed by atoms with Crippen LogP contribution in [0.5, 0.6) is 5.75 Å². The fourth-order valence-electron chi connectivity index (χ4n) is 1.85. The summed E-state index contributed by atoms with van der Waals surface area (Å²) in [5.74, 6) is 0.0619. The zero-order valence-electron chi connectivity index (χ0n) is 11.8. The monoisotopic (exact) mass is 285 g/mol. The van der Waals surface area contributed by atoms with Gasteiger partial charge >= 0.3 is 0 Å². The number of nitrogens with zero attached hydrogens (tertiary/aromatic N) is 1. The van der Waals surface area contributed by atoms with E-state index in [0.717, 1.165) is 19.5 Å². The Morgan fingerprint density at radius 1 is 1.24 bits per heavy atom. The first kappa shape index (κ1) is 15.0. The van der Waals surface area contributed by atoms with Crippen LogP contribution in [0, 0.1) is 0 Å². The van der Waals surface area contributed by atoms with E-state index in [0.29, 0.717) is 12.4 Å². The molecule has 110 valence electrons. The van der Waals surface area contributed by atoms with E-state index in [4.69, 9.17) is 10.5 Å². The first-order valence-electron chi connectivity index (χ1n) is 6.89. The normalized spacial score (nSPS) is 10.3. The predicted octanol–water partition coefficient (Wildman–Crippen LogP) is 1.74. The number of rotatable bonds is 8. The Labute approximate surface area is 124 Å². The highest BCUT2D eigenvalue weighted by Gasteiger charge is 2.03. The molecule has 0 fully saturated rings. The van der Waals surface area contributed by atoms with Gasteiger partial charge in [-0.3, -0.25) is 9.78 Å². The van der Waals surface area contributed by atoms with Crippen LogP contribution in [0.25, 0.3) is 0 Å². The van der Waals surface area contributed by atoms with Crippen LogP contribution in [0.3, 0.4) is 0 Å². The van der Waals surface area contributed by atoms with Crippen LogP contribution in [-0.4, -0.2) is 24.0 Å². The van der Waals surface area contributed by atoms with Gasteiger partial charge in [0, 0.05) is 18.8 Å². The van der Waals surface area contributed by atoms with E-state index >= 15 is 0 Å². The van der Waals surface area contributed by atoms with Crippen molar-refractivity contribution in [1.82, 2.24) is 10.3 Å². The molecule has 5 nitrogen and oxygen atoms in total. The fourth-order valence-corrected chi connectivity index (χ4v) is 1.85. The molecule has 2 aromatic rings. The van der Waals surface area contributed by atoms with Crippen LogP contribution in [0.2, 0.25) is 0 Å². The lowest BCUT2D eigenvalue weighted by Crippen LogP contribution is -2.17. The number of amides is 1. The number of pyridine rings is 1. The molecule has 5 heteroatoms. The van der Waals surface area contributed by atoms with Crippen LogP contribution >= 0.6 is 0 Å². The second-order valence-corrected chi connectivity index (χ2v) is 4.61. The van der Waals surface area contributed by atoms with Gasteiger partial charge in [-0.25, -0.2) is 0 Å². The van der Waals surface area contributed by atoms with E-state index in [1.807, 2.05) is 18.2 Å². The van der Waals surface area contributed by atoms with Crippen LogP contribution in [0.15, 0.2) is 48.7 Å². The van der Waals surface area contributed by atoms with Crippen molar-refractivity contribution in [2.24, 2.45) is 5.73 Å². The van der Waals surface area contributed by atoms with Crippen molar-refractivity contribution in [2.45, 2.75) is 13.0 Å². The summed E-state index contributed by atoms with van der Waals surface area (Å²) in [5.41, 5.74) is 6.65. The zero-order chi connectivity index (χ0) is 14.9. The molecule has 0 spiro atoms. The molecule has 0 unspecified atom stereocenters. The third-order valence-electron chi connectivity index (χ3n) is 2.92. The number of hydrogen-bond acceptors (Lipinski definition) is 4. The van der Waals surface area contributed by atoms with Crippen molar-refractivity contribution >= 4 is 5.91 Å². The highest BCUT2D eigenvalue weighted by molar-refractivity contribution is 5.91. The molecule has 21 heavy (non-hydrogen) atoms. The number of benzene rings is 1. The summed E-state index contributed by atoms with van der Waals surface area (Å²) >= 11 is 0. The summed E-state index contributed by atoms with van der Waals surface area (Å²) in [5, 5.41) is 3.35. The third-order valence-corrected chi connectivity index (χ3v) is 2.92. The molecular weight excluding hydrogens is 266 g/mol. The van der Waals surface area contributed by atoms with Crippen LogP contribution in [-0.2, 0) is 6.54 Å².